The third-order valence-corrected chi connectivity index (χ3v) is 19.7. The highest BCUT2D eigenvalue weighted by atomic mass is 32.5. The van der Waals surface area contributed by atoms with Crippen LogP contribution in [-0.4, -0.2) is 189 Å². The van der Waals surface area contributed by atoms with Crippen molar-refractivity contribution in [3.05, 3.63) is 125 Å². The SMILES string of the molecule is C[C@@H]1[C@H](O[P+](=O)OC[C@H]2O[C@@H](n3cnc4c(=O)n(CCOCNC(=O)CNC(=O)[C@H](Cc5ccccc5)NC(=O)CNC(=O)CNC(=O)CCC(=O)N5CC6=C(CCC=C6)c6c(nnn6C(C)(C)C)-c6ccccc65)cnc43)C[C@@H]2O)[C@@H](COP(O)(O)=S)O[C@H]1n1cc2c3c(ncnc31)NCCC2. The molecular formula is C66H80N17O17P2S+. The summed E-state index contributed by atoms with van der Waals surface area (Å²) >= 11 is 4.69. The van der Waals surface area contributed by atoms with Gasteiger partial charge in [-0.25, -0.2) is 24.6 Å². The first-order valence-electron chi connectivity index (χ1n) is 33.7. The molecule has 12 rings (SSSR count). The number of ether oxygens (including phenoxy) is 3. The summed E-state index contributed by atoms with van der Waals surface area (Å²) < 4.78 is 54.9. The quantitative estimate of drug-likeness (QED) is 0.0193. The van der Waals surface area contributed by atoms with Crippen molar-refractivity contribution < 1.29 is 76.0 Å². The van der Waals surface area contributed by atoms with Crippen molar-refractivity contribution in [3.8, 4) is 11.3 Å². The Morgan fingerprint density at radius 1 is 0.864 bits per heavy atom. The predicted molar refractivity (Wildman–Crippen MR) is 374 cm³/mol. The number of fused-ring (bicyclic) bond motifs is 5. The number of hydrogen-bond donors (Lipinski definition) is 9. The van der Waals surface area contributed by atoms with Gasteiger partial charge in [0.05, 0.1) is 80.7 Å². The van der Waals surface area contributed by atoms with E-state index in [4.69, 9.17) is 39.6 Å². The zero-order valence-corrected chi connectivity index (χ0v) is 59.4. The van der Waals surface area contributed by atoms with Gasteiger partial charge in [0.1, 0.15) is 73.9 Å². The number of anilines is 2. The molecule has 0 bridgehead atoms. The summed E-state index contributed by atoms with van der Waals surface area (Å²) in [5.74, 6) is -3.46. The van der Waals surface area contributed by atoms with E-state index in [0.717, 1.165) is 65.6 Å². The molecule has 6 amide bonds. The first-order valence-corrected chi connectivity index (χ1v) is 37.4. The van der Waals surface area contributed by atoms with Crippen molar-refractivity contribution in [2.75, 3.05) is 69.5 Å². The fourth-order valence-electron chi connectivity index (χ4n) is 13.1. The second-order valence-corrected chi connectivity index (χ2v) is 29.9. The van der Waals surface area contributed by atoms with Crippen LogP contribution in [-0.2, 0) is 97.8 Å². The predicted octanol–water partition coefficient (Wildman–Crippen LogP) is 2.97. The van der Waals surface area contributed by atoms with Gasteiger partial charge in [-0.05, 0) is 86.6 Å². The molecule has 5 aromatic heterocycles. The molecule has 9 heterocycles. The number of allylic oxidation sites excluding steroid dienone is 2. The number of nitrogens with one attached hydrogen (secondary N) is 6. The van der Waals surface area contributed by atoms with Crippen molar-refractivity contribution in [1.82, 2.24) is 75.2 Å². The van der Waals surface area contributed by atoms with Gasteiger partial charge in [-0.2, -0.15) is 0 Å². The van der Waals surface area contributed by atoms with Crippen LogP contribution in [0.15, 0.2) is 102 Å². The highest BCUT2D eigenvalue weighted by Crippen LogP contribution is 2.47. The Bertz CT molecular complexity index is 4530. The number of nitrogens with zero attached hydrogens (tertiary/aromatic N) is 11. The number of rotatable bonds is 28. The molecule has 2 fully saturated rings. The molecule has 9 N–H and O–H groups in total. The first-order chi connectivity index (χ1) is 49.5. The van der Waals surface area contributed by atoms with Gasteiger partial charge in [0, 0.05) is 54.5 Å². The Morgan fingerprint density at radius 3 is 2.44 bits per heavy atom. The molecule has 37 heteroatoms. The van der Waals surface area contributed by atoms with Crippen molar-refractivity contribution in [2.45, 2.75) is 134 Å². The van der Waals surface area contributed by atoms with Crippen LogP contribution in [0.4, 0.5) is 11.5 Å². The molecule has 4 aliphatic heterocycles. The molecule has 1 aliphatic carbocycles. The van der Waals surface area contributed by atoms with E-state index in [2.05, 4.69) is 89.0 Å². The summed E-state index contributed by atoms with van der Waals surface area (Å²) in [6.07, 6.45) is 7.30. The molecular weight excluding hydrogens is 1400 g/mol. The number of hydrogen-bond acceptors (Lipinski definition) is 23. The van der Waals surface area contributed by atoms with Crippen molar-refractivity contribution in [1.29, 1.82) is 0 Å². The minimum absolute atomic E-state index is 0.00545. The smallest absolute Gasteiger partial charge is 0.390 e. The lowest BCUT2D eigenvalue weighted by atomic mass is 9.89. The number of carbonyl (C=O) groups is 6. The zero-order chi connectivity index (χ0) is 72.7. The van der Waals surface area contributed by atoms with Gasteiger partial charge in [-0.1, -0.05) is 72.8 Å². The number of carbonyl (C=O) groups excluding carboxylic acids is 6. The summed E-state index contributed by atoms with van der Waals surface area (Å²) in [5, 5.41) is 37.0. The Hall–Kier alpha value is -8.96. The Morgan fingerprint density at radius 2 is 1.63 bits per heavy atom. The zero-order valence-electron chi connectivity index (χ0n) is 56.8. The van der Waals surface area contributed by atoms with Gasteiger partial charge >= 0.3 is 15.0 Å². The lowest BCUT2D eigenvalue weighted by Crippen LogP contribution is -2.52. The van der Waals surface area contributed by atoms with Crippen molar-refractivity contribution in [2.24, 2.45) is 5.92 Å². The lowest BCUT2D eigenvalue weighted by molar-refractivity contribution is -0.131. The summed E-state index contributed by atoms with van der Waals surface area (Å²) in [5.41, 5.74) is 6.52. The monoisotopic (exact) mass is 1480 g/mol. The highest BCUT2D eigenvalue weighted by Gasteiger charge is 2.51. The Kier molecular flexibility index (Phi) is 23.2. The molecule has 5 aliphatic rings. The van der Waals surface area contributed by atoms with Crippen molar-refractivity contribution in [3.63, 3.8) is 0 Å². The van der Waals surface area contributed by atoms with E-state index >= 15 is 0 Å². The number of imidazole rings is 1. The molecule has 2 saturated heterocycles. The number of aryl methyl sites for hydroxylation is 1. The summed E-state index contributed by atoms with van der Waals surface area (Å²) in [4.78, 5) is 132. The second kappa shape index (κ2) is 32.4. The number of aromatic nitrogens is 10. The third kappa shape index (κ3) is 17.5. The molecule has 7 aromatic rings. The van der Waals surface area contributed by atoms with Crippen LogP contribution < -0.4 is 42.4 Å². The van der Waals surface area contributed by atoms with Crippen LogP contribution >= 0.6 is 15.0 Å². The maximum atomic E-state index is 14.1. The molecule has 1 unspecified atom stereocenters. The van der Waals surface area contributed by atoms with Crippen LogP contribution in [0.1, 0.15) is 95.5 Å². The number of amides is 6. The fourth-order valence-corrected chi connectivity index (χ4v) is 14.4. The van der Waals surface area contributed by atoms with Crippen LogP contribution in [0.25, 0.3) is 39.0 Å². The Labute approximate surface area is 595 Å². The van der Waals surface area contributed by atoms with E-state index in [9.17, 15) is 53.0 Å². The molecule has 0 spiro atoms. The summed E-state index contributed by atoms with van der Waals surface area (Å²) in [6.45, 7) is 2.18. The van der Waals surface area contributed by atoms with Gasteiger partial charge in [-0.15, -0.1) is 14.1 Å². The van der Waals surface area contributed by atoms with Gasteiger partial charge in [0.25, 0.3) is 5.56 Å². The van der Waals surface area contributed by atoms with Crippen LogP contribution in [0.2, 0.25) is 0 Å². The van der Waals surface area contributed by atoms with E-state index < -0.39 is 125 Å². The van der Waals surface area contributed by atoms with E-state index in [0.29, 0.717) is 28.4 Å². The molecule has 103 heavy (non-hydrogen) atoms. The standard InChI is InChI=1S/C66H79N17O17P2S/c1-38-59(48(33-97-102(93,94)103)99-65(38)81-31-41-16-12-22-67-60-55(41)61(81)72-34-71-60)100-101(92)96-32-47-46(84)26-54(98-47)82-36-73-57-62(82)74-35-79(64(57)91)23-24-95-37-75-51(87)28-70-63(90)44(25-39-13-6-5-7-14-39)76-52(88)29-69-50(86)27-68-49(85)20-21-53(89)80-30-40-15-8-9-17-42(40)58-56(43-18-10-11-19-45(43)80)77-78-83(58)66(2,3)4/h5-8,10-11,13-15,18-19,31,34-36,38,44,46-48,54,59,65,84H,9,12,16-17,20-30,32-33,37H2,1-4H3,(H7-,67,68,69,70,71,72,75,76,85,86,87,88,90,93,94,103)/p+1/t38-,44+,46+,47-,48-,54-,59+,65-/m1/s1. The van der Waals surface area contributed by atoms with Gasteiger partial charge in [-0.3, -0.25) is 42.7 Å². The minimum Gasteiger partial charge on any atom is -0.390 e. The van der Waals surface area contributed by atoms with Crippen molar-refractivity contribution >= 4 is 101 Å². The number of aliphatic hydroxyl groups is 1. The average Bonchev–Trinajstić information content (AvgIpc) is 1.72. The lowest BCUT2D eigenvalue weighted by Gasteiger charge is -2.31. The molecule has 2 aromatic carbocycles. The van der Waals surface area contributed by atoms with E-state index in [-0.39, 0.29) is 81.3 Å². The number of para-hydroxylation sites is 1. The molecule has 0 radical (unpaired) electrons. The van der Waals surface area contributed by atoms with Gasteiger partial charge < -0.3 is 75.0 Å². The average molecular weight is 1480 g/mol. The Balaban J connectivity index is 0.561. The summed E-state index contributed by atoms with van der Waals surface area (Å²) in [7, 11) is -2.90. The molecule has 546 valence electrons. The molecule has 0 saturated carbocycles. The molecule has 9 atom stereocenters. The van der Waals surface area contributed by atoms with E-state index in [1.165, 1.54) is 28.1 Å². The van der Waals surface area contributed by atoms with Gasteiger partial charge in [0.15, 0.2) is 17.3 Å². The maximum absolute atomic E-state index is 14.1. The first kappa shape index (κ1) is 73.8. The van der Waals surface area contributed by atoms with Crippen LogP contribution in [0.3, 0.4) is 0 Å². The topological polar surface area (TPSA) is 425 Å². The third-order valence-electron chi connectivity index (χ3n) is 18.2. The van der Waals surface area contributed by atoms with Crippen LogP contribution in [0, 0.1) is 5.92 Å². The number of benzene rings is 2. The summed E-state index contributed by atoms with van der Waals surface area (Å²) in [6, 6.07) is 15.1. The van der Waals surface area contributed by atoms with Crippen LogP contribution in [0.5, 0.6) is 0 Å². The van der Waals surface area contributed by atoms with Gasteiger partial charge in [0.2, 0.25) is 35.4 Å². The minimum atomic E-state index is -4.12. The second-order valence-electron chi connectivity index (χ2n) is 26.4. The van der Waals surface area contributed by atoms with E-state index in [1.54, 1.807) is 35.2 Å². The molecule has 34 nitrogen and oxygen atoms in total. The largest absolute Gasteiger partial charge is 0.697 e. The van der Waals surface area contributed by atoms with E-state index in [1.807, 2.05) is 52.7 Å². The number of aliphatic hydroxyl groups excluding tert-OH is 1. The maximum Gasteiger partial charge on any atom is 0.697 e. The fraction of sp³-hybridized carbons (Fsp3) is 0.470. The highest BCUT2D eigenvalue weighted by molar-refractivity contribution is 8.06. The normalized spacial score (nSPS) is 20.6.